The fourth-order valence-electron chi connectivity index (χ4n) is 1.98. The standard InChI is InChI=1S/C18H30N4O.HI/c1-4-19-18(22-14-11-15(2)3)21-13-8-12-20-17(23)16-9-6-5-7-10-16;/h5-7,9-10,15H,4,8,11-14H2,1-3H3,(H,20,23)(H2,19,21,22);1H. The Hall–Kier alpha value is -1.31. The van der Waals surface area contributed by atoms with E-state index in [1.807, 2.05) is 30.3 Å². The van der Waals surface area contributed by atoms with E-state index < -0.39 is 0 Å². The van der Waals surface area contributed by atoms with Gasteiger partial charge in [-0.2, -0.15) is 0 Å². The number of benzene rings is 1. The molecule has 24 heavy (non-hydrogen) atoms. The van der Waals surface area contributed by atoms with Crippen molar-refractivity contribution in [2.45, 2.75) is 33.6 Å². The molecule has 0 spiro atoms. The van der Waals surface area contributed by atoms with Gasteiger partial charge in [-0.05, 0) is 37.8 Å². The first-order valence-electron chi connectivity index (χ1n) is 8.49. The van der Waals surface area contributed by atoms with Gasteiger partial charge in [-0.1, -0.05) is 32.0 Å². The summed E-state index contributed by atoms with van der Waals surface area (Å²) >= 11 is 0. The molecule has 3 N–H and O–H groups in total. The molecule has 0 radical (unpaired) electrons. The fraction of sp³-hybridized carbons (Fsp3) is 0.556. The van der Waals surface area contributed by atoms with Crippen LogP contribution >= 0.6 is 24.0 Å². The van der Waals surface area contributed by atoms with Crippen molar-refractivity contribution in [3.63, 3.8) is 0 Å². The number of amides is 1. The topological polar surface area (TPSA) is 65.5 Å². The summed E-state index contributed by atoms with van der Waals surface area (Å²) in [5, 5.41) is 9.48. The summed E-state index contributed by atoms with van der Waals surface area (Å²) in [7, 11) is 0. The summed E-state index contributed by atoms with van der Waals surface area (Å²) in [5.41, 5.74) is 0.694. The molecule has 0 aliphatic heterocycles. The number of guanidine groups is 1. The number of halogens is 1. The molecule has 1 rings (SSSR count). The number of hydrogen-bond acceptors (Lipinski definition) is 2. The molecule has 136 valence electrons. The number of carbonyl (C=O) groups is 1. The molecule has 1 amide bonds. The second-order valence-electron chi connectivity index (χ2n) is 5.85. The normalized spacial score (nSPS) is 10.9. The van der Waals surface area contributed by atoms with Crippen molar-refractivity contribution < 1.29 is 4.79 Å². The third kappa shape index (κ3) is 10.5. The van der Waals surface area contributed by atoms with Gasteiger partial charge in [0.25, 0.3) is 5.91 Å². The molecule has 0 atom stereocenters. The quantitative estimate of drug-likeness (QED) is 0.237. The maximum absolute atomic E-state index is 11.9. The van der Waals surface area contributed by atoms with Gasteiger partial charge >= 0.3 is 0 Å². The Kier molecular flexibility index (Phi) is 13.3. The maximum atomic E-state index is 11.9. The minimum absolute atomic E-state index is 0. The van der Waals surface area contributed by atoms with Gasteiger partial charge in [0.2, 0.25) is 0 Å². The van der Waals surface area contributed by atoms with E-state index in [0.29, 0.717) is 24.6 Å². The highest BCUT2D eigenvalue weighted by Gasteiger charge is 2.03. The van der Waals surface area contributed by atoms with Gasteiger partial charge in [-0.15, -0.1) is 24.0 Å². The highest BCUT2D eigenvalue weighted by molar-refractivity contribution is 14.0. The Morgan fingerprint density at radius 2 is 1.79 bits per heavy atom. The smallest absolute Gasteiger partial charge is 0.251 e. The SMILES string of the molecule is CCNC(=NCCCNC(=O)c1ccccc1)NCCC(C)C.I. The van der Waals surface area contributed by atoms with Crippen LogP contribution in [0.25, 0.3) is 0 Å². The third-order valence-corrected chi connectivity index (χ3v) is 3.28. The van der Waals surface area contributed by atoms with Crippen LogP contribution in [0.2, 0.25) is 0 Å². The van der Waals surface area contributed by atoms with E-state index in [4.69, 9.17) is 0 Å². The van der Waals surface area contributed by atoms with Gasteiger partial charge < -0.3 is 16.0 Å². The number of carbonyl (C=O) groups excluding carboxylic acids is 1. The number of nitrogens with zero attached hydrogens (tertiary/aromatic N) is 1. The zero-order chi connectivity index (χ0) is 16.9. The van der Waals surface area contributed by atoms with E-state index in [2.05, 4.69) is 41.7 Å². The summed E-state index contributed by atoms with van der Waals surface area (Å²) in [6.07, 6.45) is 1.94. The molecule has 0 saturated heterocycles. The molecule has 0 saturated carbocycles. The number of hydrogen-bond donors (Lipinski definition) is 3. The van der Waals surface area contributed by atoms with Gasteiger partial charge in [0.05, 0.1) is 0 Å². The maximum Gasteiger partial charge on any atom is 0.251 e. The minimum Gasteiger partial charge on any atom is -0.357 e. The Bertz CT molecular complexity index is 477. The molecule has 0 aromatic heterocycles. The zero-order valence-corrected chi connectivity index (χ0v) is 17.3. The Labute approximate surface area is 163 Å². The first-order chi connectivity index (χ1) is 11.1. The molecule has 5 nitrogen and oxygen atoms in total. The lowest BCUT2D eigenvalue weighted by Crippen LogP contribution is -2.38. The molecular weight excluding hydrogens is 415 g/mol. The fourth-order valence-corrected chi connectivity index (χ4v) is 1.98. The van der Waals surface area contributed by atoms with Crippen molar-refractivity contribution in [2.75, 3.05) is 26.2 Å². The van der Waals surface area contributed by atoms with Gasteiger partial charge in [-0.3, -0.25) is 9.79 Å². The molecule has 0 aliphatic carbocycles. The van der Waals surface area contributed by atoms with Crippen LogP contribution < -0.4 is 16.0 Å². The molecule has 0 heterocycles. The minimum atomic E-state index is -0.0310. The van der Waals surface area contributed by atoms with Crippen LogP contribution in [0.5, 0.6) is 0 Å². The van der Waals surface area contributed by atoms with Gasteiger partial charge in [0.1, 0.15) is 0 Å². The first-order valence-corrected chi connectivity index (χ1v) is 8.49. The first kappa shape index (κ1) is 22.7. The van der Waals surface area contributed by atoms with Gasteiger partial charge in [0.15, 0.2) is 5.96 Å². The van der Waals surface area contributed by atoms with E-state index in [1.54, 1.807) is 0 Å². The van der Waals surface area contributed by atoms with Crippen LogP contribution in [0.15, 0.2) is 35.3 Å². The van der Waals surface area contributed by atoms with Crippen molar-refractivity contribution in [1.82, 2.24) is 16.0 Å². The van der Waals surface area contributed by atoms with Gasteiger partial charge in [-0.25, -0.2) is 0 Å². The lowest BCUT2D eigenvalue weighted by molar-refractivity contribution is 0.0953. The van der Waals surface area contributed by atoms with E-state index in [1.165, 1.54) is 0 Å². The number of rotatable bonds is 9. The van der Waals surface area contributed by atoms with Crippen molar-refractivity contribution in [2.24, 2.45) is 10.9 Å². The molecule has 6 heteroatoms. The lowest BCUT2D eigenvalue weighted by atomic mass is 10.1. The van der Waals surface area contributed by atoms with E-state index in [9.17, 15) is 4.79 Å². The zero-order valence-electron chi connectivity index (χ0n) is 15.0. The lowest BCUT2D eigenvalue weighted by Gasteiger charge is -2.12. The highest BCUT2D eigenvalue weighted by Crippen LogP contribution is 1.98. The van der Waals surface area contributed by atoms with Crippen molar-refractivity contribution >= 4 is 35.8 Å². The summed E-state index contributed by atoms with van der Waals surface area (Å²) < 4.78 is 0. The third-order valence-electron chi connectivity index (χ3n) is 3.28. The van der Waals surface area contributed by atoms with Gasteiger partial charge in [0, 0.05) is 31.7 Å². The molecule has 0 unspecified atom stereocenters. The van der Waals surface area contributed by atoms with Crippen LogP contribution in [-0.4, -0.2) is 38.0 Å². The second kappa shape index (κ2) is 14.1. The molecule has 0 fully saturated rings. The largest absolute Gasteiger partial charge is 0.357 e. The number of aliphatic imine (C=N–C) groups is 1. The monoisotopic (exact) mass is 446 g/mol. The second-order valence-corrected chi connectivity index (χ2v) is 5.85. The van der Waals surface area contributed by atoms with Crippen molar-refractivity contribution in [3.05, 3.63) is 35.9 Å². The highest BCUT2D eigenvalue weighted by atomic mass is 127. The number of nitrogens with one attached hydrogen (secondary N) is 3. The Morgan fingerprint density at radius 3 is 2.42 bits per heavy atom. The molecule has 0 aliphatic rings. The summed E-state index contributed by atoms with van der Waals surface area (Å²) in [5.74, 6) is 1.50. The summed E-state index contributed by atoms with van der Waals surface area (Å²) in [6, 6.07) is 9.26. The Morgan fingerprint density at radius 1 is 1.08 bits per heavy atom. The molecular formula is C18H31IN4O. The van der Waals surface area contributed by atoms with Crippen LogP contribution in [0.3, 0.4) is 0 Å². The van der Waals surface area contributed by atoms with Crippen LogP contribution in [0.1, 0.15) is 44.0 Å². The van der Waals surface area contributed by atoms with Crippen molar-refractivity contribution in [1.29, 1.82) is 0 Å². The van der Waals surface area contributed by atoms with Crippen molar-refractivity contribution in [3.8, 4) is 0 Å². The average Bonchev–Trinajstić information content (AvgIpc) is 2.54. The molecule has 1 aromatic carbocycles. The summed E-state index contributed by atoms with van der Waals surface area (Å²) in [4.78, 5) is 16.4. The van der Waals surface area contributed by atoms with Crippen LogP contribution in [-0.2, 0) is 0 Å². The van der Waals surface area contributed by atoms with Crippen LogP contribution in [0.4, 0.5) is 0 Å². The molecule has 0 bridgehead atoms. The van der Waals surface area contributed by atoms with Crippen LogP contribution in [0, 0.1) is 5.92 Å². The summed E-state index contributed by atoms with van der Waals surface area (Å²) in [6.45, 7) is 9.56. The Balaban J connectivity index is 0.00000529. The van der Waals surface area contributed by atoms with E-state index in [-0.39, 0.29) is 29.9 Å². The predicted molar refractivity (Wildman–Crippen MR) is 112 cm³/mol. The van der Waals surface area contributed by atoms with E-state index >= 15 is 0 Å². The molecule has 1 aromatic rings. The average molecular weight is 446 g/mol. The van der Waals surface area contributed by atoms with E-state index in [0.717, 1.165) is 31.9 Å². The predicted octanol–water partition coefficient (Wildman–Crippen LogP) is 3.03.